The lowest BCUT2D eigenvalue weighted by Gasteiger charge is -2.04. The van der Waals surface area contributed by atoms with Crippen LogP contribution in [0.2, 0.25) is 5.02 Å². The van der Waals surface area contributed by atoms with Crippen LogP contribution in [0.5, 0.6) is 0 Å². The number of nitrogens with zero attached hydrogens (tertiary/aromatic N) is 1. The van der Waals surface area contributed by atoms with Crippen LogP contribution in [0.4, 0.5) is 0 Å². The molecule has 0 fully saturated rings. The molecule has 0 aliphatic carbocycles. The fraction of sp³-hybridized carbons (Fsp3) is 0.0625. The minimum atomic E-state index is -0.621. The van der Waals surface area contributed by atoms with E-state index in [9.17, 15) is 9.59 Å². The number of carbonyl (C=O) groups excluding carboxylic acids is 2. The standard InChI is InChI=1S/C16H10ClNO3S2/c17-11-5-2-1-4-10(11)13(19)8-21-16(20)12-9-23-15(18-12)14-6-3-7-22-14/h1-7,9H,8H2. The van der Waals surface area contributed by atoms with Gasteiger partial charge in [0.2, 0.25) is 5.78 Å². The van der Waals surface area contributed by atoms with Crippen molar-refractivity contribution in [3.63, 3.8) is 0 Å². The highest BCUT2D eigenvalue weighted by atomic mass is 35.5. The number of ether oxygens (including phenoxy) is 1. The Labute approximate surface area is 145 Å². The van der Waals surface area contributed by atoms with Crippen LogP contribution >= 0.6 is 34.3 Å². The van der Waals surface area contributed by atoms with Gasteiger partial charge in [-0.25, -0.2) is 9.78 Å². The summed E-state index contributed by atoms with van der Waals surface area (Å²) >= 11 is 8.85. The van der Waals surface area contributed by atoms with Gasteiger partial charge in [-0.1, -0.05) is 29.8 Å². The van der Waals surface area contributed by atoms with Crippen LogP contribution in [0, 0.1) is 0 Å². The van der Waals surface area contributed by atoms with Crippen molar-refractivity contribution < 1.29 is 14.3 Å². The molecule has 0 saturated carbocycles. The van der Waals surface area contributed by atoms with Gasteiger partial charge in [-0.05, 0) is 23.6 Å². The Hall–Kier alpha value is -2.02. The molecule has 1 aromatic carbocycles. The second kappa shape index (κ2) is 7.04. The second-order valence-corrected chi connectivity index (χ2v) is 6.71. The highest BCUT2D eigenvalue weighted by Crippen LogP contribution is 2.28. The highest BCUT2D eigenvalue weighted by Gasteiger charge is 2.17. The average molecular weight is 364 g/mol. The lowest BCUT2D eigenvalue weighted by Crippen LogP contribution is -2.14. The molecule has 7 heteroatoms. The van der Waals surface area contributed by atoms with Gasteiger partial charge in [0, 0.05) is 10.9 Å². The van der Waals surface area contributed by atoms with E-state index >= 15 is 0 Å². The van der Waals surface area contributed by atoms with Crippen molar-refractivity contribution in [3.8, 4) is 9.88 Å². The molecule has 0 unspecified atom stereocenters. The SMILES string of the molecule is O=C(OCC(=O)c1ccccc1Cl)c1csc(-c2cccs2)n1. The maximum absolute atomic E-state index is 12.0. The molecule has 0 spiro atoms. The third-order valence-corrected chi connectivity index (χ3v) is 5.16. The first kappa shape index (κ1) is 15.9. The topological polar surface area (TPSA) is 56.3 Å². The van der Waals surface area contributed by atoms with Gasteiger partial charge in [0.25, 0.3) is 0 Å². The third kappa shape index (κ3) is 3.67. The molecule has 4 nitrogen and oxygen atoms in total. The van der Waals surface area contributed by atoms with Crippen LogP contribution in [0.1, 0.15) is 20.8 Å². The molecule has 2 aromatic heterocycles. The van der Waals surface area contributed by atoms with Gasteiger partial charge in [-0.15, -0.1) is 22.7 Å². The Morgan fingerprint density at radius 3 is 2.70 bits per heavy atom. The van der Waals surface area contributed by atoms with Gasteiger partial charge in [-0.2, -0.15) is 0 Å². The molecule has 0 amide bonds. The summed E-state index contributed by atoms with van der Waals surface area (Å²) < 4.78 is 5.03. The summed E-state index contributed by atoms with van der Waals surface area (Å²) in [7, 11) is 0. The first-order valence-corrected chi connectivity index (χ1v) is 8.73. The Kier molecular flexibility index (Phi) is 4.85. The summed E-state index contributed by atoms with van der Waals surface area (Å²) in [5.41, 5.74) is 0.532. The summed E-state index contributed by atoms with van der Waals surface area (Å²) in [5.74, 6) is -0.970. The van der Waals surface area contributed by atoms with Gasteiger partial charge in [0.05, 0.1) is 9.90 Å². The van der Waals surface area contributed by atoms with Crippen LogP contribution in [-0.2, 0) is 4.74 Å². The monoisotopic (exact) mass is 363 g/mol. The number of hydrogen-bond acceptors (Lipinski definition) is 6. The summed E-state index contributed by atoms with van der Waals surface area (Å²) in [6.45, 7) is -0.367. The quantitative estimate of drug-likeness (QED) is 0.492. The molecule has 0 aliphatic rings. The maximum atomic E-state index is 12.0. The number of thiazole rings is 1. The normalized spacial score (nSPS) is 10.5. The van der Waals surface area contributed by atoms with E-state index in [4.69, 9.17) is 16.3 Å². The predicted molar refractivity (Wildman–Crippen MR) is 91.5 cm³/mol. The van der Waals surface area contributed by atoms with E-state index in [1.807, 2.05) is 17.5 Å². The Morgan fingerprint density at radius 2 is 1.96 bits per heavy atom. The molecule has 0 saturated heterocycles. The van der Waals surface area contributed by atoms with Crippen molar-refractivity contribution in [1.82, 2.24) is 4.98 Å². The summed E-state index contributed by atoms with van der Waals surface area (Å²) in [4.78, 5) is 29.2. The van der Waals surface area contributed by atoms with Crippen LogP contribution < -0.4 is 0 Å². The molecular formula is C16H10ClNO3S2. The summed E-state index contributed by atoms with van der Waals surface area (Å²) in [5, 5.41) is 4.65. The zero-order valence-corrected chi connectivity index (χ0v) is 14.1. The molecular weight excluding hydrogens is 354 g/mol. The number of thiophene rings is 1. The summed E-state index contributed by atoms with van der Waals surface area (Å²) in [6.07, 6.45) is 0. The number of rotatable bonds is 5. The fourth-order valence-electron chi connectivity index (χ4n) is 1.85. The van der Waals surface area contributed by atoms with E-state index < -0.39 is 5.97 Å². The number of esters is 1. The lowest BCUT2D eigenvalue weighted by molar-refractivity contribution is 0.0470. The molecule has 0 bridgehead atoms. The van der Waals surface area contributed by atoms with E-state index in [2.05, 4.69) is 4.98 Å². The number of benzene rings is 1. The Balaban J connectivity index is 1.64. The van der Waals surface area contributed by atoms with Crippen molar-refractivity contribution in [2.45, 2.75) is 0 Å². The average Bonchev–Trinajstić information content (AvgIpc) is 3.23. The third-order valence-electron chi connectivity index (χ3n) is 2.95. The largest absolute Gasteiger partial charge is 0.453 e. The highest BCUT2D eigenvalue weighted by molar-refractivity contribution is 7.20. The van der Waals surface area contributed by atoms with Crippen molar-refractivity contribution in [2.75, 3.05) is 6.61 Å². The van der Waals surface area contributed by atoms with Gasteiger partial charge < -0.3 is 4.74 Å². The number of carbonyl (C=O) groups is 2. The first-order valence-electron chi connectivity index (χ1n) is 6.59. The molecule has 116 valence electrons. The summed E-state index contributed by atoms with van der Waals surface area (Å²) in [6, 6.07) is 10.5. The lowest BCUT2D eigenvalue weighted by atomic mass is 10.1. The number of halogens is 1. The maximum Gasteiger partial charge on any atom is 0.358 e. The fourth-order valence-corrected chi connectivity index (χ4v) is 3.70. The Bertz CT molecular complexity index is 843. The predicted octanol–water partition coefficient (Wildman–Crippen LogP) is 4.56. The second-order valence-electron chi connectivity index (χ2n) is 4.49. The van der Waals surface area contributed by atoms with Crippen molar-refractivity contribution in [1.29, 1.82) is 0 Å². The minimum Gasteiger partial charge on any atom is -0.453 e. The van der Waals surface area contributed by atoms with Crippen molar-refractivity contribution >= 4 is 46.0 Å². The van der Waals surface area contributed by atoms with Gasteiger partial charge in [-0.3, -0.25) is 4.79 Å². The van der Waals surface area contributed by atoms with E-state index in [0.29, 0.717) is 10.6 Å². The van der Waals surface area contributed by atoms with Crippen LogP contribution in [0.15, 0.2) is 47.2 Å². The van der Waals surface area contributed by atoms with E-state index in [-0.39, 0.29) is 18.1 Å². The van der Waals surface area contributed by atoms with Crippen LogP contribution in [0.3, 0.4) is 0 Å². The molecule has 3 rings (SSSR count). The molecule has 23 heavy (non-hydrogen) atoms. The molecule has 0 N–H and O–H groups in total. The van der Waals surface area contributed by atoms with Crippen LogP contribution in [-0.4, -0.2) is 23.3 Å². The van der Waals surface area contributed by atoms with Gasteiger partial charge in [0.15, 0.2) is 12.3 Å². The van der Waals surface area contributed by atoms with Crippen molar-refractivity contribution in [2.24, 2.45) is 0 Å². The van der Waals surface area contributed by atoms with Gasteiger partial charge in [0.1, 0.15) is 5.01 Å². The number of ketones is 1. The van der Waals surface area contributed by atoms with Crippen LogP contribution in [0.25, 0.3) is 9.88 Å². The van der Waals surface area contributed by atoms with E-state index in [1.54, 1.807) is 41.0 Å². The number of Topliss-reactive ketones (excluding diaryl/α,β-unsaturated/α-hetero) is 1. The minimum absolute atomic E-state index is 0.199. The zero-order valence-electron chi connectivity index (χ0n) is 11.7. The molecule has 2 heterocycles. The Morgan fingerprint density at radius 1 is 1.13 bits per heavy atom. The van der Waals surface area contributed by atoms with E-state index in [0.717, 1.165) is 9.88 Å². The molecule has 0 atom stereocenters. The smallest absolute Gasteiger partial charge is 0.358 e. The number of hydrogen-bond donors (Lipinski definition) is 0. The zero-order chi connectivity index (χ0) is 16.2. The molecule has 0 aliphatic heterocycles. The van der Waals surface area contributed by atoms with Crippen molar-refractivity contribution in [3.05, 3.63) is 63.4 Å². The molecule has 3 aromatic rings. The molecule has 0 radical (unpaired) electrons. The van der Waals surface area contributed by atoms with Gasteiger partial charge >= 0.3 is 5.97 Å². The first-order chi connectivity index (χ1) is 11.1. The number of aromatic nitrogens is 1. The van der Waals surface area contributed by atoms with E-state index in [1.165, 1.54) is 11.3 Å².